The third kappa shape index (κ3) is 3.93. The maximum atomic E-state index is 12.6. The quantitative estimate of drug-likeness (QED) is 0.499. The Morgan fingerprint density at radius 1 is 0.783 bits per heavy atom. The van der Waals surface area contributed by atoms with Crippen LogP contribution in [0.1, 0.15) is 23.3 Å². The fourth-order valence-electron chi connectivity index (χ4n) is 2.50. The molecule has 0 spiro atoms. The Morgan fingerprint density at radius 2 is 1.30 bits per heavy atom. The highest BCUT2D eigenvalue weighted by Gasteiger charge is 2.22. The highest BCUT2D eigenvalue weighted by molar-refractivity contribution is 5.98. The van der Waals surface area contributed by atoms with Gasteiger partial charge in [0.2, 0.25) is 11.8 Å². The number of pyridine rings is 1. The number of carbonyl (C=O) groups is 1. The van der Waals surface area contributed by atoms with Crippen molar-refractivity contribution in [2.75, 3.05) is 0 Å². The highest BCUT2D eigenvalue weighted by Crippen LogP contribution is 2.20. The van der Waals surface area contributed by atoms with Gasteiger partial charge in [-0.15, -0.1) is 0 Å². The van der Waals surface area contributed by atoms with E-state index in [9.17, 15) is 4.79 Å². The maximum Gasteiger partial charge on any atom is 0.230 e. The molecule has 0 aliphatic rings. The van der Waals surface area contributed by atoms with Crippen molar-refractivity contribution in [2.24, 2.45) is 0 Å². The van der Waals surface area contributed by atoms with E-state index in [1.807, 2.05) is 84.5 Å². The van der Waals surface area contributed by atoms with E-state index < -0.39 is 0 Å². The second-order valence-electron chi connectivity index (χ2n) is 5.31. The van der Waals surface area contributed by atoms with Crippen molar-refractivity contribution in [3.05, 3.63) is 90.8 Å². The Morgan fingerprint density at radius 3 is 1.91 bits per heavy atom. The van der Waals surface area contributed by atoms with Crippen LogP contribution in [0.2, 0.25) is 0 Å². The molecule has 3 heteroatoms. The molecule has 1 unspecified atom stereocenters. The number of ketones is 1. The summed E-state index contributed by atoms with van der Waals surface area (Å²) in [5.74, 6) is 0.121. The lowest BCUT2D eigenvalue weighted by Gasteiger charge is -2.07. The number of hydrogen-bond acceptors (Lipinski definition) is 1. The first-order valence-corrected chi connectivity index (χ1v) is 7.41. The summed E-state index contributed by atoms with van der Waals surface area (Å²) in [6, 6.07) is 23.6. The number of halogens is 1. The number of nitrogens with zero attached hydrogens (tertiary/aromatic N) is 1. The zero-order valence-corrected chi connectivity index (χ0v) is 14.5. The van der Waals surface area contributed by atoms with E-state index in [4.69, 9.17) is 0 Å². The molecule has 1 heterocycles. The van der Waals surface area contributed by atoms with Crippen LogP contribution in [0, 0.1) is 0 Å². The molecule has 0 N–H and O–H groups in total. The molecule has 0 saturated carbocycles. The first kappa shape index (κ1) is 17.1. The molecule has 2 nitrogen and oxygen atoms in total. The van der Waals surface area contributed by atoms with Gasteiger partial charge in [-0.1, -0.05) is 60.7 Å². The second kappa shape index (κ2) is 7.84. The summed E-state index contributed by atoms with van der Waals surface area (Å²) in [4.78, 5) is 12.6. The zero-order valence-electron chi connectivity index (χ0n) is 12.9. The molecule has 0 saturated heterocycles. The number of hydrogen-bond donors (Lipinski definition) is 0. The summed E-state index contributed by atoms with van der Waals surface area (Å²) < 4.78 is 1.92. The van der Waals surface area contributed by atoms with Gasteiger partial charge in [-0.05, 0) is 11.1 Å². The predicted molar refractivity (Wildman–Crippen MR) is 87.6 cm³/mol. The molecule has 0 bridgehead atoms. The van der Waals surface area contributed by atoms with Crippen molar-refractivity contribution in [1.29, 1.82) is 0 Å². The molecule has 0 aliphatic heterocycles. The van der Waals surface area contributed by atoms with E-state index >= 15 is 0 Å². The first-order valence-electron chi connectivity index (χ1n) is 7.41. The third-order valence-corrected chi connectivity index (χ3v) is 3.84. The molecular formula is C20H18BrNO. The van der Waals surface area contributed by atoms with Gasteiger partial charge in [0.15, 0.2) is 12.4 Å². The maximum absolute atomic E-state index is 12.6. The van der Waals surface area contributed by atoms with Crippen LogP contribution in [0.25, 0.3) is 11.1 Å². The van der Waals surface area contributed by atoms with E-state index in [1.165, 1.54) is 0 Å². The van der Waals surface area contributed by atoms with Crippen molar-refractivity contribution in [1.82, 2.24) is 0 Å². The molecule has 0 radical (unpaired) electrons. The van der Waals surface area contributed by atoms with Crippen LogP contribution in [0.15, 0.2) is 85.2 Å². The van der Waals surface area contributed by atoms with Gasteiger partial charge in [0, 0.05) is 24.6 Å². The van der Waals surface area contributed by atoms with Crippen molar-refractivity contribution < 1.29 is 26.3 Å². The first-order chi connectivity index (χ1) is 10.8. The molecule has 3 rings (SSSR count). The van der Waals surface area contributed by atoms with E-state index in [1.54, 1.807) is 0 Å². The zero-order chi connectivity index (χ0) is 15.4. The minimum atomic E-state index is -0.205. The fourth-order valence-corrected chi connectivity index (χ4v) is 2.50. The SMILES string of the molecule is CC(C(=O)c1ccc(-c2ccccc2)cc1)[n+]1ccccc1.[Br-]. The summed E-state index contributed by atoms with van der Waals surface area (Å²) in [7, 11) is 0. The number of benzene rings is 2. The largest absolute Gasteiger partial charge is 1.00 e. The standard InChI is InChI=1S/C20H18NO.BrH/c1-16(21-14-6-3-7-15-21)20(22)19-12-10-18(11-13-19)17-8-4-2-5-9-17;/h2-16H,1H3;1H/q+1;/p-1. The molecule has 1 atom stereocenters. The smallest absolute Gasteiger partial charge is 0.230 e. The molecule has 2 aromatic carbocycles. The minimum Gasteiger partial charge on any atom is -1.00 e. The van der Waals surface area contributed by atoms with Gasteiger partial charge >= 0.3 is 0 Å². The van der Waals surface area contributed by atoms with Gasteiger partial charge in [-0.3, -0.25) is 4.79 Å². The van der Waals surface area contributed by atoms with Crippen molar-refractivity contribution in [3.8, 4) is 11.1 Å². The monoisotopic (exact) mass is 367 g/mol. The lowest BCUT2D eigenvalue weighted by molar-refractivity contribution is -0.704. The minimum absolute atomic E-state index is 0. The Bertz CT molecular complexity index is 755. The van der Waals surface area contributed by atoms with Crippen LogP contribution in [-0.2, 0) is 0 Å². The fraction of sp³-hybridized carbons (Fsp3) is 0.100. The number of carbonyl (C=O) groups excluding carboxylic acids is 1. The van der Waals surface area contributed by atoms with Gasteiger partial charge in [0.25, 0.3) is 0 Å². The summed E-state index contributed by atoms with van der Waals surface area (Å²) in [6.45, 7) is 1.92. The molecular weight excluding hydrogens is 350 g/mol. The second-order valence-corrected chi connectivity index (χ2v) is 5.31. The van der Waals surface area contributed by atoms with Gasteiger partial charge in [0.05, 0.1) is 0 Å². The molecule has 116 valence electrons. The molecule has 1 aromatic heterocycles. The van der Waals surface area contributed by atoms with Crippen LogP contribution >= 0.6 is 0 Å². The number of rotatable bonds is 4. The van der Waals surface area contributed by atoms with Crippen LogP contribution in [-0.4, -0.2) is 5.78 Å². The highest BCUT2D eigenvalue weighted by atomic mass is 79.9. The normalized spacial score (nSPS) is 11.3. The average molecular weight is 368 g/mol. The third-order valence-electron chi connectivity index (χ3n) is 3.84. The topological polar surface area (TPSA) is 20.9 Å². The Balaban J connectivity index is 0.00000192. The molecule has 0 fully saturated rings. The Kier molecular flexibility index (Phi) is 5.83. The van der Waals surface area contributed by atoms with Gasteiger partial charge in [0.1, 0.15) is 0 Å². The summed E-state index contributed by atoms with van der Waals surface area (Å²) in [5, 5.41) is 0. The van der Waals surface area contributed by atoms with E-state index in [-0.39, 0.29) is 28.8 Å². The van der Waals surface area contributed by atoms with Gasteiger partial charge in [-0.25, -0.2) is 0 Å². The van der Waals surface area contributed by atoms with Crippen molar-refractivity contribution in [2.45, 2.75) is 13.0 Å². The predicted octanol–water partition coefficient (Wildman–Crippen LogP) is 1.09. The van der Waals surface area contributed by atoms with E-state index in [0.717, 1.165) is 16.7 Å². The Hall–Kier alpha value is -2.26. The van der Waals surface area contributed by atoms with Crippen LogP contribution in [0.4, 0.5) is 0 Å². The molecule has 0 aliphatic carbocycles. The molecule has 3 aromatic rings. The van der Waals surface area contributed by atoms with Gasteiger partial charge in [-0.2, -0.15) is 4.57 Å². The van der Waals surface area contributed by atoms with Crippen LogP contribution < -0.4 is 21.5 Å². The average Bonchev–Trinajstić information content (AvgIpc) is 2.62. The van der Waals surface area contributed by atoms with Crippen molar-refractivity contribution in [3.63, 3.8) is 0 Å². The van der Waals surface area contributed by atoms with E-state index in [0.29, 0.717) is 0 Å². The lowest BCUT2D eigenvalue weighted by atomic mass is 10.00. The van der Waals surface area contributed by atoms with Crippen molar-refractivity contribution >= 4 is 5.78 Å². The van der Waals surface area contributed by atoms with Crippen LogP contribution in [0.3, 0.4) is 0 Å². The summed E-state index contributed by atoms with van der Waals surface area (Å²) in [5.41, 5.74) is 3.02. The molecule has 0 amide bonds. The number of Topliss-reactive ketones (excluding diaryl/α,β-unsaturated/α-hetero) is 1. The van der Waals surface area contributed by atoms with Gasteiger partial charge < -0.3 is 17.0 Å². The Labute approximate surface area is 147 Å². The summed E-state index contributed by atoms with van der Waals surface area (Å²) in [6.07, 6.45) is 3.84. The lowest BCUT2D eigenvalue weighted by Crippen LogP contribution is -3.00. The van der Waals surface area contributed by atoms with E-state index in [2.05, 4.69) is 12.1 Å². The molecule has 23 heavy (non-hydrogen) atoms. The number of aromatic nitrogens is 1. The van der Waals surface area contributed by atoms with Crippen LogP contribution in [0.5, 0.6) is 0 Å². The summed E-state index contributed by atoms with van der Waals surface area (Å²) >= 11 is 0.